The lowest BCUT2D eigenvalue weighted by Gasteiger charge is -2.38. The van der Waals surface area contributed by atoms with E-state index in [1.807, 2.05) is 0 Å². The average Bonchev–Trinajstić information content (AvgIpc) is 2.48. The van der Waals surface area contributed by atoms with Crippen LogP contribution in [0.25, 0.3) is 0 Å². The minimum atomic E-state index is 0.163. The molecule has 0 aliphatic carbocycles. The molecule has 0 fully saturated rings. The van der Waals surface area contributed by atoms with E-state index in [0.717, 1.165) is 19.6 Å². The van der Waals surface area contributed by atoms with Gasteiger partial charge in [-0.05, 0) is 45.3 Å². The molecule has 0 saturated carbocycles. The standard InChI is InChI=1S/C19H34N2/c1-6-13-20-15-19(5,18-11-9-8-10-12-18)16-21(14-7-2)17(3)4/h8-12,17,20H,6-7,13-16H2,1-5H3. The molecular formula is C19H34N2. The molecule has 0 aliphatic rings. The van der Waals surface area contributed by atoms with Gasteiger partial charge in [0.1, 0.15) is 0 Å². The summed E-state index contributed by atoms with van der Waals surface area (Å²) in [4.78, 5) is 2.61. The lowest BCUT2D eigenvalue weighted by molar-refractivity contribution is 0.172. The van der Waals surface area contributed by atoms with E-state index in [9.17, 15) is 0 Å². The van der Waals surface area contributed by atoms with Crippen LogP contribution < -0.4 is 5.32 Å². The number of hydrogen-bond donors (Lipinski definition) is 1. The van der Waals surface area contributed by atoms with Crippen LogP contribution in [-0.4, -0.2) is 37.1 Å². The molecule has 0 aromatic heterocycles. The number of nitrogens with zero attached hydrogens (tertiary/aromatic N) is 1. The topological polar surface area (TPSA) is 15.3 Å². The summed E-state index contributed by atoms with van der Waals surface area (Å²) in [5, 5.41) is 3.63. The van der Waals surface area contributed by atoms with Gasteiger partial charge in [-0.15, -0.1) is 0 Å². The van der Waals surface area contributed by atoms with Crippen LogP contribution in [0.4, 0.5) is 0 Å². The van der Waals surface area contributed by atoms with Gasteiger partial charge in [-0.1, -0.05) is 51.1 Å². The van der Waals surface area contributed by atoms with E-state index in [0.29, 0.717) is 6.04 Å². The third-order valence-electron chi connectivity index (χ3n) is 4.21. The summed E-state index contributed by atoms with van der Waals surface area (Å²) in [6.45, 7) is 15.9. The fraction of sp³-hybridized carbons (Fsp3) is 0.684. The smallest absolute Gasteiger partial charge is 0.0177 e. The highest BCUT2D eigenvalue weighted by atomic mass is 15.2. The van der Waals surface area contributed by atoms with Gasteiger partial charge in [0.2, 0.25) is 0 Å². The van der Waals surface area contributed by atoms with Crippen molar-refractivity contribution < 1.29 is 0 Å². The zero-order valence-electron chi connectivity index (χ0n) is 14.7. The summed E-state index contributed by atoms with van der Waals surface area (Å²) < 4.78 is 0. The van der Waals surface area contributed by atoms with Crippen molar-refractivity contribution in [2.75, 3.05) is 26.2 Å². The molecule has 1 aromatic carbocycles. The van der Waals surface area contributed by atoms with Crippen molar-refractivity contribution in [1.29, 1.82) is 0 Å². The van der Waals surface area contributed by atoms with E-state index in [4.69, 9.17) is 0 Å². The van der Waals surface area contributed by atoms with Crippen molar-refractivity contribution in [3.05, 3.63) is 35.9 Å². The Hall–Kier alpha value is -0.860. The van der Waals surface area contributed by atoms with Crippen LogP contribution in [0, 0.1) is 0 Å². The fourth-order valence-electron chi connectivity index (χ4n) is 2.89. The van der Waals surface area contributed by atoms with Gasteiger partial charge >= 0.3 is 0 Å². The van der Waals surface area contributed by atoms with Crippen LogP contribution >= 0.6 is 0 Å². The van der Waals surface area contributed by atoms with Crippen LogP contribution in [-0.2, 0) is 5.41 Å². The van der Waals surface area contributed by atoms with Crippen LogP contribution in [0.15, 0.2) is 30.3 Å². The first-order valence-corrected chi connectivity index (χ1v) is 8.53. The largest absolute Gasteiger partial charge is 0.316 e. The molecule has 0 radical (unpaired) electrons. The number of benzene rings is 1. The molecular weight excluding hydrogens is 256 g/mol. The first-order valence-electron chi connectivity index (χ1n) is 8.53. The van der Waals surface area contributed by atoms with E-state index in [1.165, 1.54) is 24.9 Å². The van der Waals surface area contributed by atoms with Crippen molar-refractivity contribution in [1.82, 2.24) is 10.2 Å². The van der Waals surface area contributed by atoms with E-state index in [2.05, 4.69) is 75.2 Å². The van der Waals surface area contributed by atoms with Gasteiger partial charge in [0.25, 0.3) is 0 Å². The monoisotopic (exact) mass is 290 g/mol. The molecule has 0 saturated heterocycles. The van der Waals surface area contributed by atoms with Gasteiger partial charge in [0.05, 0.1) is 0 Å². The van der Waals surface area contributed by atoms with Gasteiger partial charge in [-0.3, -0.25) is 0 Å². The van der Waals surface area contributed by atoms with Crippen LogP contribution in [0.1, 0.15) is 53.0 Å². The van der Waals surface area contributed by atoms with Crippen LogP contribution in [0.3, 0.4) is 0 Å². The molecule has 120 valence electrons. The Morgan fingerprint density at radius 1 is 1.10 bits per heavy atom. The molecule has 1 aromatic rings. The first kappa shape index (κ1) is 18.2. The average molecular weight is 290 g/mol. The van der Waals surface area contributed by atoms with Gasteiger partial charge in [-0.2, -0.15) is 0 Å². The summed E-state index contributed by atoms with van der Waals surface area (Å²) in [6, 6.07) is 11.6. The van der Waals surface area contributed by atoms with Crippen molar-refractivity contribution in [2.24, 2.45) is 0 Å². The maximum absolute atomic E-state index is 3.63. The summed E-state index contributed by atoms with van der Waals surface area (Å²) in [6.07, 6.45) is 2.40. The van der Waals surface area contributed by atoms with E-state index in [-0.39, 0.29) is 5.41 Å². The van der Waals surface area contributed by atoms with Crippen molar-refractivity contribution in [3.8, 4) is 0 Å². The molecule has 1 N–H and O–H groups in total. The Bertz CT molecular complexity index is 374. The second kappa shape index (κ2) is 9.22. The number of nitrogens with one attached hydrogen (secondary N) is 1. The highest BCUT2D eigenvalue weighted by Crippen LogP contribution is 2.25. The predicted molar refractivity (Wildman–Crippen MR) is 94.0 cm³/mol. The molecule has 0 spiro atoms. The Balaban J connectivity index is 2.90. The molecule has 0 amide bonds. The molecule has 21 heavy (non-hydrogen) atoms. The first-order chi connectivity index (χ1) is 10.0. The van der Waals surface area contributed by atoms with E-state index in [1.54, 1.807) is 0 Å². The predicted octanol–water partition coefficient (Wildman–Crippen LogP) is 4.06. The Morgan fingerprint density at radius 2 is 1.76 bits per heavy atom. The maximum atomic E-state index is 3.63. The van der Waals surface area contributed by atoms with Gasteiger partial charge in [0, 0.05) is 24.5 Å². The summed E-state index contributed by atoms with van der Waals surface area (Å²) >= 11 is 0. The number of hydrogen-bond acceptors (Lipinski definition) is 2. The zero-order valence-corrected chi connectivity index (χ0v) is 14.7. The van der Waals surface area contributed by atoms with Gasteiger partial charge < -0.3 is 10.2 Å². The Kier molecular flexibility index (Phi) is 7.98. The number of rotatable bonds is 10. The third kappa shape index (κ3) is 5.80. The second-order valence-electron chi connectivity index (χ2n) is 6.67. The maximum Gasteiger partial charge on any atom is 0.0177 e. The minimum Gasteiger partial charge on any atom is -0.316 e. The molecule has 1 atom stereocenters. The molecule has 1 unspecified atom stereocenters. The SMILES string of the molecule is CCCNCC(C)(CN(CCC)C(C)C)c1ccccc1. The normalized spacial score (nSPS) is 14.6. The minimum absolute atomic E-state index is 0.163. The Labute approximate surface area is 131 Å². The quantitative estimate of drug-likeness (QED) is 0.654. The highest BCUT2D eigenvalue weighted by molar-refractivity contribution is 5.25. The lowest BCUT2D eigenvalue weighted by atomic mass is 9.81. The second-order valence-corrected chi connectivity index (χ2v) is 6.67. The van der Waals surface area contributed by atoms with Gasteiger partial charge in [0.15, 0.2) is 0 Å². The van der Waals surface area contributed by atoms with Crippen LogP contribution in [0.5, 0.6) is 0 Å². The molecule has 2 nitrogen and oxygen atoms in total. The van der Waals surface area contributed by atoms with Crippen molar-refractivity contribution >= 4 is 0 Å². The van der Waals surface area contributed by atoms with E-state index < -0.39 is 0 Å². The van der Waals surface area contributed by atoms with E-state index >= 15 is 0 Å². The zero-order chi connectivity index (χ0) is 15.7. The highest BCUT2D eigenvalue weighted by Gasteiger charge is 2.29. The summed E-state index contributed by atoms with van der Waals surface area (Å²) in [5.41, 5.74) is 1.60. The molecule has 0 bridgehead atoms. The molecule has 2 heteroatoms. The van der Waals surface area contributed by atoms with Crippen molar-refractivity contribution in [2.45, 2.75) is 58.9 Å². The van der Waals surface area contributed by atoms with Crippen molar-refractivity contribution in [3.63, 3.8) is 0 Å². The van der Waals surface area contributed by atoms with Crippen LogP contribution in [0.2, 0.25) is 0 Å². The lowest BCUT2D eigenvalue weighted by Crippen LogP contribution is -2.48. The molecule has 0 aliphatic heterocycles. The summed E-state index contributed by atoms with van der Waals surface area (Å²) in [7, 11) is 0. The molecule has 1 rings (SSSR count). The summed E-state index contributed by atoms with van der Waals surface area (Å²) in [5.74, 6) is 0. The van der Waals surface area contributed by atoms with Gasteiger partial charge in [-0.25, -0.2) is 0 Å². The third-order valence-corrected chi connectivity index (χ3v) is 4.21. The molecule has 0 heterocycles. The Morgan fingerprint density at radius 3 is 2.29 bits per heavy atom. The fourth-order valence-corrected chi connectivity index (χ4v) is 2.89.